The van der Waals surface area contributed by atoms with Gasteiger partial charge in [-0.25, -0.2) is 0 Å². The number of phenols is 4. The van der Waals surface area contributed by atoms with Crippen molar-refractivity contribution in [2.45, 2.75) is 85.5 Å². The predicted octanol–water partition coefficient (Wildman–Crippen LogP) is 8.49. The molecule has 0 bridgehead atoms. The SMILES string of the molecule is Cc1cc(Cc2ccc(O)c(C(C)(C)C)c2)cc(Cc2cc(Cc3ccc(O)c(C(C)(C)C)c3)cc(C)c2O)c1O. The Morgan fingerprint density at radius 3 is 1.17 bits per heavy atom. The first-order chi connectivity index (χ1) is 19.0. The molecule has 4 aromatic carbocycles. The summed E-state index contributed by atoms with van der Waals surface area (Å²) in [7, 11) is 0. The number of rotatable bonds is 6. The van der Waals surface area contributed by atoms with Crippen LogP contribution < -0.4 is 0 Å². The van der Waals surface area contributed by atoms with E-state index in [1.807, 2.05) is 50.2 Å². The van der Waals surface area contributed by atoms with Gasteiger partial charge >= 0.3 is 0 Å². The van der Waals surface area contributed by atoms with Crippen molar-refractivity contribution in [2.24, 2.45) is 0 Å². The molecule has 4 aromatic rings. The van der Waals surface area contributed by atoms with Crippen LogP contribution in [0.5, 0.6) is 23.0 Å². The van der Waals surface area contributed by atoms with E-state index in [9.17, 15) is 20.4 Å². The van der Waals surface area contributed by atoms with Gasteiger partial charge in [0.25, 0.3) is 0 Å². The molecule has 4 nitrogen and oxygen atoms in total. The second kappa shape index (κ2) is 11.2. The molecule has 0 aromatic heterocycles. The second-order valence-electron chi connectivity index (χ2n) is 13.6. The number of hydrogen-bond donors (Lipinski definition) is 4. The van der Waals surface area contributed by atoms with Gasteiger partial charge in [-0.2, -0.15) is 0 Å². The fraction of sp³-hybridized carbons (Fsp3) is 0.351. The van der Waals surface area contributed by atoms with Crippen LogP contribution in [0.15, 0.2) is 60.7 Å². The Morgan fingerprint density at radius 1 is 0.463 bits per heavy atom. The fourth-order valence-electron chi connectivity index (χ4n) is 5.61. The van der Waals surface area contributed by atoms with E-state index in [4.69, 9.17) is 0 Å². The minimum atomic E-state index is -0.176. The third kappa shape index (κ3) is 6.87. The van der Waals surface area contributed by atoms with Crippen molar-refractivity contribution >= 4 is 0 Å². The predicted molar refractivity (Wildman–Crippen MR) is 168 cm³/mol. The molecule has 4 N–H and O–H groups in total. The molecular weight excluding hydrogens is 508 g/mol. The lowest BCUT2D eigenvalue weighted by atomic mass is 9.84. The standard InChI is InChI=1S/C37H44O4/c1-22-13-26(15-24-9-11-32(38)30(19-24)36(3,4)5)17-28(34(22)40)21-29-18-27(14-23(2)35(29)41)16-25-10-12-33(39)31(20-25)37(6,7)8/h9-14,17-20,38-41H,15-16,21H2,1-8H3. The first-order valence-corrected chi connectivity index (χ1v) is 14.3. The maximum Gasteiger partial charge on any atom is 0.122 e. The quantitative estimate of drug-likeness (QED) is 0.193. The summed E-state index contributed by atoms with van der Waals surface area (Å²) < 4.78 is 0. The zero-order valence-electron chi connectivity index (χ0n) is 25.7. The highest BCUT2D eigenvalue weighted by Crippen LogP contribution is 2.36. The fourth-order valence-corrected chi connectivity index (χ4v) is 5.61. The molecule has 0 aliphatic heterocycles. The van der Waals surface area contributed by atoms with Crippen molar-refractivity contribution < 1.29 is 20.4 Å². The monoisotopic (exact) mass is 552 g/mol. The Morgan fingerprint density at radius 2 is 0.829 bits per heavy atom. The largest absolute Gasteiger partial charge is 0.508 e. The van der Waals surface area contributed by atoms with E-state index in [0.29, 0.717) is 30.8 Å². The Balaban J connectivity index is 1.65. The third-order valence-electron chi connectivity index (χ3n) is 7.81. The van der Waals surface area contributed by atoms with Crippen LogP contribution in [0.25, 0.3) is 0 Å². The van der Waals surface area contributed by atoms with Gasteiger partial charge in [0.2, 0.25) is 0 Å². The highest BCUT2D eigenvalue weighted by molar-refractivity contribution is 5.52. The molecule has 0 fully saturated rings. The van der Waals surface area contributed by atoms with Crippen molar-refractivity contribution in [2.75, 3.05) is 0 Å². The van der Waals surface area contributed by atoms with Crippen molar-refractivity contribution in [3.8, 4) is 23.0 Å². The molecule has 0 heterocycles. The molecule has 4 heteroatoms. The molecule has 0 aliphatic carbocycles. The first-order valence-electron chi connectivity index (χ1n) is 14.3. The third-order valence-corrected chi connectivity index (χ3v) is 7.81. The van der Waals surface area contributed by atoms with Crippen LogP contribution in [0.1, 0.15) is 97.2 Å². The Bertz CT molecular complexity index is 1460. The summed E-state index contributed by atoms with van der Waals surface area (Å²) in [6, 6.07) is 19.6. The van der Waals surface area contributed by atoms with Gasteiger partial charge in [-0.15, -0.1) is 0 Å². The number of benzene rings is 4. The van der Waals surface area contributed by atoms with Crippen molar-refractivity contribution in [1.82, 2.24) is 0 Å². The molecule has 41 heavy (non-hydrogen) atoms. The van der Waals surface area contributed by atoms with E-state index < -0.39 is 0 Å². The van der Waals surface area contributed by atoms with Gasteiger partial charge in [0.05, 0.1) is 0 Å². The molecular formula is C37H44O4. The van der Waals surface area contributed by atoms with Gasteiger partial charge in [0, 0.05) is 6.42 Å². The molecule has 0 radical (unpaired) electrons. The van der Waals surface area contributed by atoms with Gasteiger partial charge in [0.15, 0.2) is 0 Å². The normalized spacial score (nSPS) is 12.1. The summed E-state index contributed by atoms with van der Waals surface area (Å²) in [5.74, 6) is 1.09. The van der Waals surface area contributed by atoms with Crippen LogP contribution in [0, 0.1) is 13.8 Å². The van der Waals surface area contributed by atoms with Gasteiger partial charge in [-0.1, -0.05) is 90.1 Å². The van der Waals surface area contributed by atoms with Crippen molar-refractivity contribution in [1.29, 1.82) is 0 Å². The molecule has 0 saturated heterocycles. The highest BCUT2D eigenvalue weighted by Gasteiger charge is 2.20. The molecule has 0 amide bonds. The summed E-state index contributed by atoms with van der Waals surface area (Å²) in [5, 5.41) is 42.8. The highest BCUT2D eigenvalue weighted by atomic mass is 16.3. The lowest BCUT2D eigenvalue weighted by Gasteiger charge is -2.21. The number of aromatic hydroxyl groups is 4. The lowest BCUT2D eigenvalue weighted by Crippen LogP contribution is -2.11. The van der Waals surface area contributed by atoms with Crippen LogP contribution in [0.3, 0.4) is 0 Å². The van der Waals surface area contributed by atoms with Crippen LogP contribution in [-0.4, -0.2) is 20.4 Å². The average Bonchev–Trinajstić information content (AvgIpc) is 2.86. The van der Waals surface area contributed by atoms with E-state index in [2.05, 4.69) is 53.7 Å². The zero-order chi connectivity index (χ0) is 30.3. The van der Waals surface area contributed by atoms with Crippen LogP contribution >= 0.6 is 0 Å². The maximum absolute atomic E-state index is 11.0. The molecule has 4 rings (SSSR count). The van der Waals surface area contributed by atoms with E-state index >= 15 is 0 Å². The van der Waals surface area contributed by atoms with E-state index in [0.717, 1.165) is 55.6 Å². The molecule has 0 unspecified atom stereocenters. The minimum absolute atomic E-state index is 0.176. The van der Waals surface area contributed by atoms with Gasteiger partial charge in [-0.05, 0) is 105 Å². The molecule has 0 atom stereocenters. The maximum atomic E-state index is 11.0. The van der Waals surface area contributed by atoms with Gasteiger partial charge in [-0.3, -0.25) is 0 Å². The second-order valence-corrected chi connectivity index (χ2v) is 13.6. The van der Waals surface area contributed by atoms with E-state index in [-0.39, 0.29) is 22.3 Å². The van der Waals surface area contributed by atoms with Crippen molar-refractivity contribution in [3.63, 3.8) is 0 Å². The van der Waals surface area contributed by atoms with Crippen LogP contribution in [-0.2, 0) is 30.1 Å². The molecule has 0 aliphatic rings. The average molecular weight is 553 g/mol. The topological polar surface area (TPSA) is 80.9 Å². The molecule has 216 valence electrons. The van der Waals surface area contributed by atoms with Crippen LogP contribution in [0.2, 0.25) is 0 Å². The summed E-state index contributed by atoms with van der Waals surface area (Å²) in [6.45, 7) is 16.3. The smallest absolute Gasteiger partial charge is 0.122 e. The number of aryl methyl sites for hydroxylation is 2. The van der Waals surface area contributed by atoms with E-state index in [1.165, 1.54) is 0 Å². The summed E-state index contributed by atoms with van der Waals surface area (Å²) >= 11 is 0. The Kier molecular flexibility index (Phi) is 8.18. The zero-order valence-corrected chi connectivity index (χ0v) is 25.7. The Hall–Kier alpha value is -3.92. The van der Waals surface area contributed by atoms with Gasteiger partial charge < -0.3 is 20.4 Å². The van der Waals surface area contributed by atoms with Gasteiger partial charge in [0.1, 0.15) is 23.0 Å². The summed E-state index contributed by atoms with van der Waals surface area (Å²) in [4.78, 5) is 0. The minimum Gasteiger partial charge on any atom is -0.508 e. The van der Waals surface area contributed by atoms with E-state index in [1.54, 1.807) is 12.1 Å². The van der Waals surface area contributed by atoms with Crippen molar-refractivity contribution in [3.05, 3.63) is 116 Å². The summed E-state index contributed by atoms with van der Waals surface area (Å²) in [6.07, 6.45) is 1.73. The number of hydrogen-bond acceptors (Lipinski definition) is 4. The van der Waals surface area contributed by atoms with Crippen LogP contribution in [0.4, 0.5) is 0 Å². The molecule has 0 saturated carbocycles. The first kappa shape index (κ1) is 30.0. The Labute approximate surface area is 245 Å². The summed E-state index contributed by atoms with van der Waals surface area (Å²) in [5.41, 5.74) is 8.88. The lowest BCUT2D eigenvalue weighted by molar-refractivity contribution is 0.445. The number of phenolic OH excluding ortho intramolecular Hbond substituents is 4. The molecule has 0 spiro atoms.